The zero-order valence-corrected chi connectivity index (χ0v) is 17.9. The Labute approximate surface area is 187 Å². The molecule has 10 heteroatoms. The predicted molar refractivity (Wildman–Crippen MR) is 121 cm³/mol. The molecule has 1 fully saturated rings. The van der Waals surface area contributed by atoms with Crippen LogP contribution in [0.2, 0.25) is 0 Å². The van der Waals surface area contributed by atoms with E-state index in [2.05, 4.69) is 20.2 Å². The fraction of sp³-hybridized carbons (Fsp3) is 0.261. The molecule has 5 rings (SSSR count). The third-order valence-corrected chi connectivity index (χ3v) is 6.02. The number of H-pyrrole nitrogens is 1. The van der Waals surface area contributed by atoms with Gasteiger partial charge in [0.05, 0.1) is 22.1 Å². The second-order valence-corrected chi connectivity index (χ2v) is 8.04. The van der Waals surface area contributed by atoms with Gasteiger partial charge in [0.1, 0.15) is 11.5 Å². The molecule has 0 aliphatic carbocycles. The summed E-state index contributed by atoms with van der Waals surface area (Å²) in [5.74, 6) is -1.50. The lowest BCUT2D eigenvalue weighted by Crippen LogP contribution is -2.46. The molecule has 2 N–H and O–H groups in total. The normalized spacial score (nSPS) is 14.8. The molecule has 1 aromatic carbocycles. The molecule has 1 amide bonds. The minimum atomic E-state index is -0.679. The number of nitrogens with zero attached hydrogens (tertiary/aromatic N) is 4. The van der Waals surface area contributed by atoms with Gasteiger partial charge in [-0.3, -0.25) is 14.1 Å². The summed E-state index contributed by atoms with van der Waals surface area (Å²) in [5, 5.41) is 2.81. The minimum absolute atomic E-state index is 0.0335. The zero-order chi connectivity index (χ0) is 23.1. The number of fused-ring (bicyclic) bond motifs is 3. The molecule has 0 bridgehead atoms. The van der Waals surface area contributed by atoms with Gasteiger partial charge in [0, 0.05) is 46.0 Å². The van der Waals surface area contributed by atoms with Crippen molar-refractivity contribution in [1.29, 1.82) is 0 Å². The van der Waals surface area contributed by atoms with Gasteiger partial charge >= 0.3 is 5.69 Å². The van der Waals surface area contributed by atoms with Gasteiger partial charge in [0.15, 0.2) is 0 Å². The number of nitrogens with one attached hydrogen (secondary N) is 2. The number of hydrogen-bond donors (Lipinski definition) is 2. The molecule has 8 nitrogen and oxygen atoms in total. The van der Waals surface area contributed by atoms with Crippen LogP contribution in [0.25, 0.3) is 16.4 Å². The van der Waals surface area contributed by atoms with E-state index in [9.17, 15) is 18.4 Å². The third-order valence-electron chi connectivity index (χ3n) is 6.02. The Morgan fingerprint density at radius 2 is 1.94 bits per heavy atom. The first-order valence-electron chi connectivity index (χ1n) is 10.6. The Morgan fingerprint density at radius 3 is 2.67 bits per heavy atom. The summed E-state index contributed by atoms with van der Waals surface area (Å²) < 4.78 is 30.8. The Morgan fingerprint density at radius 1 is 1.15 bits per heavy atom. The Balaban J connectivity index is 1.31. The molecule has 4 aromatic rings. The monoisotopic (exact) mass is 452 g/mol. The first-order valence-corrected chi connectivity index (χ1v) is 10.6. The molecule has 0 spiro atoms. The van der Waals surface area contributed by atoms with Gasteiger partial charge in [-0.2, -0.15) is 4.39 Å². The maximum Gasteiger partial charge on any atom is 0.330 e. The Kier molecular flexibility index (Phi) is 5.29. The van der Waals surface area contributed by atoms with Crippen molar-refractivity contribution >= 4 is 28.0 Å². The van der Waals surface area contributed by atoms with Crippen LogP contribution in [0.1, 0.15) is 16.1 Å². The summed E-state index contributed by atoms with van der Waals surface area (Å²) in [7, 11) is 1.47. The fourth-order valence-electron chi connectivity index (χ4n) is 4.37. The molecule has 1 saturated heterocycles. The maximum atomic E-state index is 14.9. The van der Waals surface area contributed by atoms with Crippen LogP contribution in [0.5, 0.6) is 0 Å². The summed E-state index contributed by atoms with van der Waals surface area (Å²) in [6, 6.07) is 9.81. The zero-order valence-electron chi connectivity index (χ0n) is 17.9. The average Bonchev–Trinajstić information content (AvgIpc) is 3.29. The van der Waals surface area contributed by atoms with E-state index in [-0.39, 0.29) is 17.2 Å². The number of aromatic nitrogens is 3. The van der Waals surface area contributed by atoms with Gasteiger partial charge in [0.2, 0.25) is 5.95 Å². The van der Waals surface area contributed by atoms with Gasteiger partial charge < -0.3 is 15.2 Å². The number of halogens is 2. The Hall–Kier alpha value is -3.79. The standard InChI is InChI=1S/C23H22F2N6O2/c1-26-22(32)16-4-5-19(21(25)27-16)30-9-7-29(8-10-30)13-14-11-15(24)20-17(12-14)28-23(33)31-6-2-3-18(20)31/h2-6,11-12H,7-10,13H2,1H3,(H,26,32)(H,28,33). The SMILES string of the molecule is CNC(=O)c1ccc(N2CCN(Cc3cc(F)c4c(c3)[nH]c(=O)n3cccc43)CC2)c(F)n1. The average molecular weight is 452 g/mol. The highest BCUT2D eigenvalue weighted by Crippen LogP contribution is 2.24. The van der Waals surface area contributed by atoms with Gasteiger partial charge in [-0.1, -0.05) is 0 Å². The first-order chi connectivity index (χ1) is 15.9. The molecule has 0 radical (unpaired) electrons. The molecule has 1 aliphatic heterocycles. The van der Waals surface area contributed by atoms with Gasteiger partial charge in [-0.15, -0.1) is 0 Å². The molecule has 4 heterocycles. The fourth-order valence-corrected chi connectivity index (χ4v) is 4.37. The number of carbonyl (C=O) groups is 1. The van der Waals surface area contributed by atoms with Gasteiger partial charge in [-0.25, -0.2) is 14.2 Å². The van der Waals surface area contributed by atoms with Crippen molar-refractivity contribution in [3.63, 3.8) is 0 Å². The number of anilines is 1. The van der Waals surface area contributed by atoms with Gasteiger partial charge in [-0.05, 0) is 42.0 Å². The smallest absolute Gasteiger partial charge is 0.330 e. The molecule has 0 atom stereocenters. The minimum Gasteiger partial charge on any atom is -0.365 e. The van der Waals surface area contributed by atoms with E-state index in [1.54, 1.807) is 30.5 Å². The number of amides is 1. The first kappa shape index (κ1) is 21.1. The number of aromatic amines is 1. The van der Waals surface area contributed by atoms with Crippen LogP contribution in [0.3, 0.4) is 0 Å². The van der Waals surface area contributed by atoms with Crippen LogP contribution in [0.4, 0.5) is 14.5 Å². The molecule has 0 saturated carbocycles. The number of pyridine rings is 1. The largest absolute Gasteiger partial charge is 0.365 e. The molecule has 170 valence electrons. The lowest BCUT2D eigenvalue weighted by atomic mass is 10.1. The second-order valence-electron chi connectivity index (χ2n) is 8.04. The van der Waals surface area contributed by atoms with E-state index in [1.807, 2.05) is 4.90 Å². The highest BCUT2D eigenvalue weighted by molar-refractivity contribution is 5.94. The quantitative estimate of drug-likeness (QED) is 0.464. The van der Waals surface area contributed by atoms with E-state index < -0.39 is 11.9 Å². The summed E-state index contributed by atoms with van der Waals surface area (Å²) in [5.41, 5.74) is 1.82. The van der Waals surface area contributed by atoms with Crippen molar-refractivity contribution < 1.29 is 13.6 Å². The van der Waals surface area contributed by atoms with Gasteiger partial charge in [0.25, 0.3) is 5.91 Å². The van der Waals surface area contributed by atoms with Crippen molar-refractivity contribution in [1.82, 2.24) is 24.6 Å². The van der Waals surface area contributed by atoms with Crippen LogP contribution in [-0.2, 0) is 6.54 Å². The highest BCUT2D eigenvalue weighted by Gasteiger charge is 2.22. The number of piperazine rings is 1. The summed E-state index contributed by atoms with van der Waals surface area (Å²) in [4.78, 5) is 34.4. The van der Waals surface area contributed by atoms with E-state index in [1.165, 1.54) is 23.6 Å². The van der Waals surface area contributed by atoms with Crippen LogP contribution < -0.4 is 15.9 Å². The lowest BCUT2D eigenvalue weighted by molar-refractivity contribution is 0.0957. The molecular weight excluding hydrogens is 430 g/mol. The van der Waals surface area contributed by atoms with Crippen LogP contribution in [-0.4, -0.2) is 58.4 Å². The highest BCUT2D eigenvalue weighted by atomic mass is 19.1. The molecule has 0 unspecified atom stereocenters. The second kappa shape index (κ2) is 8.28. The van der Waals surface area contributed by atoms with Crippen LogP contribution in [0.15, 0.2) is 47.4 Å². The molecule has 3 aromatic heterocycles. The van der Waals surface area contributed by atoms with Crippen molar-refractivity contribution in [3.8, 4) is 0 Å². The summed E-state index contributed by atoms with van der Waals surface area (Å²) >= 11 is 0. The van der Waals surface area contributed by atoms with E-state index >= 15 is 0 Å². The molecule has 1 aliphatic rings. The number of benzene rings is 1. The maximum absolute atomic E-state index is 14.9. The number of hydrogen-bond acceptors (Lipinski definition) is 5. The van der Waals surface area contributed by atoms with Crippen LogP contribution in [0, 0.1) is 11.8 Å². The molecular formula is C23H22F2N6O2. The number of carbonyl (C=O) groups excluding carboxylic acids is 1. The van der Waals surface area contributed by atoms with Crippen LogP contribution >= 0.6 is 0 Å². The van der Waals surface area contributed by atoms with Crippen molar-refractivity contribution in [2.24, 2.45) is 0 Å². The van der Waals surface area contributed by atoms with E-state index in [0.29, 0.717) is 54.8 Å². The van der Waals surface area contributed by atoms with E-state index in [0.717, 1.165) is 5.56 Å². The van der Waals surface area contributed by atoms with Crippen molar-refractivity contribution in [2.75, 3.05) is 38.1 Å². The third kappa shape index (κ3) is 3.82. The van der Waals surface area contributed by atoms with E-state index in [4.69, 9.17) is 0 Å². The summed E-state index contributed by atoms with van der Waals surface area (Å²) in [6.07, 6.45) is 1.60. The Bertz CT molecular complexity index is 1420. The molecule has 33 heavy (non-hydrogen) atoms. The topological polar surface area (TPSA) is 85.7 Å². The van der Waals surface area contributed by atoms with Crippen molar-refractivity contribution in [2.45, 2.75) is 6.54 Å². The predicted octanol–water partition coefficient (Wildman–Crippen LogP) is 2.14. The lowest BCUT2D eigenvalue weighted by Gasteiger charge is -2.36. The number of rotatable bonds is 4. The van der Waals surface area contributed by atoms with Crippen molar-refractivity contribution in [3.05, 3.63) is 76.1 Å². The summed E-state index contributed by atoms with van der Waals surface area (Å²) in [6.45, 7) is 2.92.